The molecule has 0 aromatic heterocycles. The molecule has 2 aromatic rings. The SMILES string of the molecule is COc1ccc(C(=O)NCC2(c3ccc(F)cc3)CC2)cc1S(=O)(=O)N1CCCCC1C. The summed E-state index contributed by atoms with van der Waals surface area (Å²) in [7, 11) is -2.37. The molecule has 1 amide bonds. The maximum Gasteiger partial charge on any atom is 0.251 e. The molecule has 1 saturated heterocycles. The highest BCUT2D eigenvalue weighted by Crippen LogP contribution is 2.47. The summed E-state index contributed by atoms with van der Waals surface area (Å²) in [6, 6.07) is 10.8. The molecule has 1 aliphatic heterocycles. The van der Waals surface area contributed by atoms with Gasteiger partial charge in [0.15, 0.2) is 0 Å². The van der Waals surface area contributed by atoms with Crippen molar-refractivity contribution in [2.75, 3.05) is 20.2 Å². The van der Waals surface area contributed by atoms with Crippen molar-refractivity contribution in [2.45, 2.75) is 55.4 Å². The summed E-state index contributed by atoms with van der Waals surface area (Å²) in [6.45, 7) is 2.78. The summed E-state index contributed by atoms with van der Waals surface area (Å²) >= 11 is 0. The van der Waals surface area contributed by atoms with Gasteiger partial charge in [0.25, 0.3) is 5.91 Å². The number of carbonyl (C=O) groups is 1. The average molecular weight is 461 g/mol. The number of amides is 1. The van der Waals surface area contributed by atoms with E-state index in [1.807, 2.05) is 6.92 Å². The zero-order valence-electron chi connectivity index (χ0n) is 18.4. The van der Waals surface area contributed by atoms with Crippen LogP contribution in [0.4, 0.5) is 4.39 Å². The molecular formula is C24H29FN2O4S. The normalized spacial score (nSPS) is 20.5. The Bertz CT molecular complexity index is 1100. The van der Waals surface area contributed by atoms with Gasteiger partial charge in [-0.3, -0.25) is 4.79 Å². The Morgan fingerprint density at radius 3 is 2.53 bits per heavy atom. The van der Waals surface area contributed by atoms with Gasteiger partial charge in [-0.05, 0) is 68.5 Å². The second kappa shape index (κ2) is 8.83. The second-order valence-corrected chi connectivity index (χ2v) is 10.7. The highest BCUT2D eigenvalue weighted by molar-refractivity contribution is 7.89. The van der Waals surface area contributed by atoms with Gasteiger partial charge in [-0.2, -0.15) is 4.31 Å². The van der Waals surface area contributed by atoms with Gasteiger partial charge in [0.05, 0.1) is 7.11 Å². The van der Waals surface area contributed by atoms with Crippen LogP contribution in [0.15, 0.2) is 47.4 Å². The first-order valence-corrected chi connectivity index (χ1v) is 12.4. The molecule has 1 aliphatic carbocycles. The molecule has 2 aliphatic rings. The van der Waals surface area contributed by atoms with Crippen molar-refractivity contribution < 1.29 is 22.3 Å². The number of piperidine rings is 1. The van der Waals surface area contributed by atoms with Crippen molar-refractivity contribution in [2.24, 2.45) is 0 Å². The van der Waals surface area contributed by atoms with E-state index >= 15 is 0 Å². The van der Waals surface area contributed by atoms with Gasteiger partial charge in [0, 0.05) is 30.1 Å². The van der Waals surface area contributed by atoms with E-state index in [0.29, 0.717) is 13.1 Å². The van der Waals surface area contributed by atoms with E-state index in [4.69, 9.17) is 4.74 Å². The molecule has 2 aromatic carbocycles. The lowest BCUT2D eigenvalue weighted by molar-refractivity contribution is 0.0949. The quantitative estimate of drug-likeness (QED) is 0.681. The van der Waals surface area contributed by atoms with Gasteiger partial charge in [0.1, 0.15) is 16.5 Å². The van der Waals surface area contributed by atoms with E-state index in [1.54, 1.807) is 18.2 Å². The molecule has 172 valence electrons. The molecule has 4 rings (SSSR count). The number of hydrogen-bond acceptors (Lipinski definition) is 4. The number of sulfonamides is 1. The van der Waals surface area contributed by atoms with E-state index in [-0.39, 0.29) is 39.4 Å². The van der Waals surface area contributed by atoms with Crippen LogP contribution in [0.1, 0.15) is 54.9 Å². The molecule has 8 heteroatoms. The van der Waals surface area contributed by atoms with Gasteiger partial charge in [-0.15, -0.1) is 0 Å². The number of hydrogen-bond donors (Lipinski definition) is 1. The summed E-state index contributed by atoms with van der Waals surface area (Å²) in [6.07, 6.45) is 4.45. The van der Waals surface area contributed by atoms with Crippen molar-refractivity contribution in [1.29, 1.82) is 0 Å². The Morgan fingerprint density at radius 2 is 1.91 bits per heavy atom. The lowest BCUT2D eigenvalue weighted by Gasteiger charge is -2.32. The van der Waals surface area contributed by atoms with Crippen LogP contribution in [0, 0.1) is 5.82 Å². The molecule has 32 heavy (non-hydrogen) atoms. The zero-order valence-corrected chi connectivity index (χ0v) is 19.3. The summed E-state index contributed by atoms with van der Waals surface area (Å²) in [5, 5.41) is 2.94. The van der Waals surface area contributed by atoms with E-state index in [9.17, 15) is 17.6 Å². The summed E-state index contributed by atoms with van der Waals surface area (Å²) in [5.41, 5.74) is 1.08. The van der Waals surface area contributed by atoms with Crippen LogP contribution in [0.3, 0.4) is 0 Å². The predicted octanol–water partition coefficient (Wildman–Crippen LogP) is 3.86. The number of nitrogens with one attached hydrogen (secondary N) is 1. The fourth-order valence-corrected chi connectivity index (χ4v) is 6.33. The topological polar surface area (TPSA) is 75.7 Å². The Morgan fingerprint density at radius 1 is 1.19 bits per heavy atom. The minimum Gasteiger partial charge on any atom is -0.495 e. The summed E-state index contributed by atoms with van der Waals surface area (Å²) in [5.74, 6) is -0.405. The summed E-state index contributed by atoms with van der Waals surface area (Å²) < 4.78 is 46.8. The van der Waals surface area contributed by atoms with Gasteiger partial charge >= 0.3 is 0 Å². The van der Waals surface area contributed by atoms with Gasteiger partial charge in [0.2, 0.25) is 10.0 Å². The molecule has 0 radical (unpaired) electrons. The van der Waals surface area contributed by atoms with Crippen LogP contribution in [-0.2, 0) is 15.4 Å². The Hall–Kier alpha value is -2.45. The smallest absolute Gasteiger partial charge is 0.251 e. The number of nitrogens with zero attached hydrogens (tertiary/aromatic N) is 1. The van der Waals surface area contributed by atoms with Crippen molar-refractivity contribution in [1.82, 2.24) is 9.62 Å². The van der Waals surface area contributed by atoms with E-state index < -0.39 is 10.0 Å². The highest BCUT2D eigenvalue weighted by atomic mass is 32.2. The van der Waals surface area contributed by atoms with Crippen LogP contribution in [0.2, 0.25) is 0 Å². The number of carbonyl (C=O) groups excluding carboxylic acids is 1. The third-order valence-corrected chi connectivity index (χ3v) is 8.69. The third kappa shape index (κ3) is 4.38. The zero-order chi connectivity index (χ0) is 22.9. The van der Waals surface area contributed by atoms with E-state index in [2.05, 4.69) is 5.32 Å². The average Bonchev–Trinajstić information content (AvgIpc) is 3.58. The fourth-order valence-electron chi connectivity index (χ4n) is 4.45. The first-order valence-electron chi connectivity index (χ1n) is 11.0. The standard InChI is InChI=1S/C24H29FN2O4S/c1-17-5-3-4-14-27(17)32(29,30)22-15-18(6-11-21(22)31-2)23(28)26-16-24(12-13-24)19-7-9-20(25)10-8-19/h6-11,15,17H,3-5,12-14,16H2,1-2H3,(H,26,28). The van der Waals surface area contributed by atoms with Gasteiger partial charge < -0.3 is 10.1 Å². The van der Waals surface area contributed by atoms with Gasteiger partial charge in [-0.1, -0.05) is 18.6 Å². The molecule has 0 spiro atoms. The lowest BCUT2D eigenvalue weighted by atomic mass is 9.96. The molecule has 1 N–H and O–H groups in total. The van der Waals surface area contributed by atoms with Crippen molar-refractivity contribution in [3.8, 4) is 5.75 Å². The maximum absolute atomic E-state index is 13.4. The Balaban J connectivity index is 1.54. The number of benzene rings is 2. The largest absolute Gasteiger partial charge is 0.495 e. The Kier molecular flexibility index (Phi) is 6.27. The predicted molar refractivity (Wildman–Crippen MR) is 120 cm³/mol. The van der Waals surface area contributed by atoms with Crippen molar-refractivity contribution >= 4 is 15.9 Å². The van der Waals surface area contributed by atoms with Crippen LogP contribution >= 0.6 is 0 Å². The van der Waals surface area contributed by atoms with Crippen molar-refractivity contribution in [3.63, 3.8) is 0 Å². The van der Waals surface area contributed by atoms with Crippen molar-refractivity contribution in [3.05, 3.63) is 59.4 Å². The number of rotatable bonds is 7. The minimum atomic E-state index is -3.80. The van der Waals surface area contributed by atoms with Crippen LogP contribution in [-0.4, -0.2) is 44.9 Å². The van der Waals surface area contributed by atoms with E-state index in [0.717, 1.165) is 37.7 Å². The monoisotopic (exact) mass is 460 g/mol. The first kappa shape index (κ1) is 22.7. The minimum absolute atomic E-state index is 0.0149. The number of halogens is 1. The lowest BCUT2D eigenvalue weighted by Crippen LogP contribution is -2.42. The van der Waals surface area contributed by atoms with Crippen LogP contribution in [0.25, 0.3) is 0 Å². The molecule has 6 nitrogen and oxygen atoms in total. The molecule has 1 heterocycles. The van der Waals surface area contributed by atoms with Crippen LogP contribution in [0.5, 0.6) is 5.75 Å². The summed E-state index contributed by atoms with van der Waals surface area (Å²) in [4.78, 5) is 12.9. The fraction of sp³-hybridized carbons (Fsp3) is 0.458. The molecule has 1 atom stereocenters. The molecule has 1 unspecified atom stereocenters. The maximum atomic E-state index is 13.4. The van der Waals surface area contributed by atoms with E-state index in [1.165, 1.54) is 35.7 Å². The van der Waals surface area contributed by atoms with Gasteiger partial charge in [-0.25, -0.2) is 12.8 Å². The van der Waals surface area contributed by atoms with Crippen LogP contribution < -0.4 is 10.1 Å². The first-order chi connectivity index (χ1) is 15.3. The third-order valence-electron chi connectivity index (χ3n) is 6.65. The highest BCUT2D eigenvalue weighted by Gasteiger charge is 2.44. The number of ether oxygens (including phenoxy) is 1. The molecular weight excluding hydrogens is 431 g/mol. The molecule has 2 fully saturated rings. The molecule has 1 saturated carbocycles. The Labute approximate surface area is 188 Å². The second-order valence-electron chi connectivity index (χ2n) is 8.80. The number of methoxy groups -OCH3 is 1. The molecule has 0 bridgehead atoms.